The van der Waals surface area contributed by atoms with Gasteiger partial charge in [-0.3, -0.25) is 0 Å². The Kier molecular flexibility index (Phi) is 5.93. The van der Waals surface area contributed by atoms with Gasteiger partial charge in [0.05, 0.1) is 6.61 Å². The van der Waals surface area contributed by atoms with Gasteiger partial charge < -0.3 is 9.84 Å². The van der Waals surface area contributed by atoms with E-state index in [1.54, 1.807) is 0 Å². The average molecular weight is 313 g/mol. The molecule has 114 valence electrons. The summed E-state index contributed by atoms with van der Waals surface area (Å²) in [4.78, 5) is -1.27. The second kappa shape index (κ2) is 7.02. The zero-order valence-corrected chi connectivity index (χ0v) is 11.4. The van der Waals surface area contributed by atoms with Crippen molar-refractivity contribution in [1.82, 2.24) is 4.72 Å². The first kappa shape index (κ1) is 16.9. The molecule has 0 radical (unpaired) electrons. The Labute approximate surface area is 114 Å². The van der Waals surface area contributed by atoms with Gasteiger partial charge >= 0.3 is 0 Å². The van der Waals surface area contributed by atoms with Gasteiger partial charge in [0.25, 0.3) is 0 Å². The number of methoxy groups -OCH3 is 1. The smallest absolute Gasteiger partial charge is 0.246 e. The summed E-state index contributed by atoms with van der Waals surface area (Å²) in [5.74, 6) is -4.28. The van der Waals surface area contributed by atoms with Crippen LogP contribution < -0.4 is 4.72 Å². The first-order chi connectivity index (χ1) is 9.31. The molecule has 0 fully saturated rings. The molecule has 0 spiro atoms. The van der Waals surface area contributed by atoms with Crippen molar-refractivity contribution in [3.63, 3.8) is 0 Å². The Hall–Kier alpha value is -1.16. The van der Waals surface area contributed by atoms with Crippen LogP contribution in [-0.2, 0) is 14.8 Å². The van der Waals surface area contributed by atoms with Crippen LogP contribution in [0, 0.1) is 17.5 Å². The molecule has 0 aliphatic heterocycles. The fraction of sp³-hybridized carbons (Fsp3) is 0.455. The first-order valence-corrected chi connectivity index (χ1v) is 7.06. The molecule has 0 heterocycles. The maximum absolute atomic E-state index is 13.4. The summed E-state index contributed by atoms with van der Waals surface area (Å²) in [6, 6.07) is -0.317. The molecule has 5 nitrogen and oxygen atoms in total. The summed E-state index contributed by atoms with van der Waals surface area (Å²) in [6.07, 6.45) is -0.00248. The van der Waals surface area contributed by atoms with Crippen LogP contribution in [0.4, 0.5) is 13.2 Å². The number of benzene rings is 1. The summed E-state index contributed by atoms with van der Waals surface area (Å²) < 4.78 is 70.2. The molecular weight excluding hydrogens is 299 g/mol. The first-order valence-electron chi connectivity index (χ1n) is 5.58. The summed E-state index contributed by atoms with van der Waals surface area (Å²) >= 11 is 0. The topological polar surface area (TPSA) is 75.6 Å². The van der Waals surface area contributed by atoms with E-state index in [0.29, 0.717) is 0 Å². The lowest BCUT2D eigenvalue weighted by Gasteiger charge is -2.17. The van der Waals surface area contributed by atoms with Crippen LogP contribution in [0.1, 0.15) is 6.42 Å². The maximum atomic E-state index is 13.4. The number of nitrogens with one attached hydrogen (secondary N) is 1. The monoisotopic (exact) mass is 313 g/mol. The molecular formula is C11H14F3NO4S. The second-order valence-corrected chi connectivity index (χ2v) is 5.64. The van der Waals surface area contributed by atoms with E-state index < -0.39 is 38.4 Å². The van der Waals surface area contributed by atoms with Crippen LogP contribution in [0.15, 0.2) is 17.0 Å². The van der Waals surface area contributed by atoms with E-state index in [0.717, 1.165) is 0 Å². The number of hydrogen-bond donors (Lipinski definition) is 2. The SMILES string of the molecule is COCC(CCO)NS(=O)(=O)c1c(F)cc(F)cc1F. The molecule has 1 atom stereocenters. The van der Waals surface area contributed by atoms with Gasteiger partial charge in [-0.25, -0.2) is 26.3 Å². The molecule has 9 heteroatoms. The Morgan fingerprint density at radius 3 is 2.30 bits per heavy atom. The average Bonchev–Trinajstić information content (AvgIpc) is 2.26. The Morgan fingerprint density at radius 1 is 1.30 bits per heavy atom. The van der Waals surface area contributed by atoms with Crippen LogP contribution in [0.5, 0.6) is 0 Å². The van der Waals surface area contributed by atoms with Crippen molar-refractivity contribution in [2.75, 3.05) is 20.3 Å². The normalized spacial score (nSPS) is 13.4. The fourth-order valence-electron chi connectivity index (χ4n) is 1.60. The van der Waals surface area contributed by atoms with E-state index in [1.165, 1.54) is 7.11 Å². The number of halogens is 3. The number of aliphatic hydroxyl groups excluding tert-OH is 1. The van der Waals surface area contributed by atoms with Gasteiger partial charge in [0.1, 0.15) is 17.5 Å². The van der Waals surface area contributed by atoms with Gasteiger partial charge in [-0.1, -0.05) is 0 Å². The number of hydrogen-bond acceptors (Lipinski definition) is 4. The summed E-state index contributed by atoms with van der Waals surface area (Å²) in [7, 11) is -3.24. The highest BCUT2D eigenvalue weighted by Gasteiger charge is 2.27. The van der Waals surface area contributed by atoms with E-state index in [2.05, 4.69) is 0 Å². The van der Waals surface area contributed by atoms with Crippen molar-refractivity contribution in [3.05, 3.63) is 29.6 Å². The lowest BCUT2D eigenvalue weighted by molar-refractivity contribution is 0.158. The molecule has 1 unspecified atom stereocenters. The van der Waals surface area contributed by atoms with Gasteiger partial charge in [-0.05, 0) is 6.42 Å². The summed E-state index contributed by atoms with van der Waals surface area (Å²) in [5.41, 5.74) is 0. The molecule has 1 rings (SSSR count). The number of ether oxygens (including phenoxy) is 1. The molecule has 0 aromatic heterocycles. The molecule has 0 bridgehead atoms. The fourth-order valence-corrected chi connectivity index (χ4v) is 2.97. The van der Waals surface area contributed by atoms with Crippen molar-refractivity contribution in [2.24, 2.45) is 0 Å². The van der Waals surface area contributed by atoms with Gasteiger partial charge in [0, 0.05) is 31.9 Å². The highest BCUT2D eigenvalue weighted by Crippen LogP contribution is 2.20. The molecule has 1 aromatic carbocycles. The highest BCUT2D eigenvalue weighted by atomic mass is 32.2. The van der Waals surface area contributed by atoms with E-state index in [1.807, 2.05) is 4.72 Å². The third-order valence-corrected chi connectivity index (χ3v) is 3.97. The largest absolute Gasteiger partial charge is 0.396 e. The van der Waals surface area contributed by atoms with E-state index in [-0.39, 0.29) is 31.8 Å². The van der Waals surface area contributed by atoms with Crippen molar-refractivity contribution >= 4 is 10.0 Å². The maximum Gasteiger partial charge on any atom is 0.246 e. The lowest BCUT2D eigenvalue weighted by atomic mass is 10.2. The quantitative estimate of drug-likeness (QED) is 0.780. The molecule has 0 saturated heterocycles. The molecule has 0 aliphatic rings. The van der Waals surface area contributed by atoms with Crippen molar-refractivity contribution in [1.29, 1.82) is 0 Å². The molecule has 2 N–H and O–H groups in total. The third-order valence-electron chi connectivity index (χ3n) is 2.40. The van der Waals surface area contributed by atoms with Crippen molar-refractivity contribution in [3.8, 4) is 0 Å². The van der Waals surface area contributed by atoms with Crippen LogP contribution in [0.2, 0.25) is 0 Å². The standard InChI is InChI=1S/C11H14F3NO4S/c1-19-6-8(2-3-16)15-20(17,18)11-9(13)4-7(12)5-10(11)14/h4-5,8,15-16H,2-3,6H2,1H3. The molecule has 1 aromatic rings. The van der Waals surface area contributed by atoms with E-state index in [9.17, 15) is 21.6 Å². The predicted octanol–water partition coefficient (Wildman–Crippen LogP) is 0.780. The van der Waals surface area contributed by atoms with Crippen LogP contribution in [0.3, 0.4) is 0 Å². The third kappa shape index (κ3) is 4.17. The Bertz CT molecular complexity index is 536. The van der Waals surface area contributed by atoms with Crippen LogP contribution >= 0.6 is 0 Å². The molecule has 0 saturated carbocycles. The van der Waals surface area contributed by atoms with Gasteiger partial charge in [-0.15, -0.1) is 0 Å². The number of sulfonamides is 1. The molecule has 0 amide bonds. The zero-order valence-electron chi connectivity index (χ0n) is 10.6. The van der Waals surface area contributed by atoms with E-state index in [4.69, 9.17) is 9.84 Å². The van der Waals surface area contributed by atoms with Crippen LogP contribution in [-0.4, -0.2) is 39.9 Å². The summed E-state index contributed by atoms with van der Waals surface area (Å²) in [5, 5.41) is 8.79. The highest BCUT2D eigenvalue weighted by molar-refractivity contribution is 7.89. The van der Waals surface area contributed by atoms with Gasteiger partial charge in [0.2, 0.25) is 10.0 Å². The predicted molar refractivity (Wildman–Crippen MR) is 64.0 cm³/mol. The lowest BCUT2D eigenvalue weighted by Crippen LogP contribution is -2.39. The number of rotatable bonds is 7. The molecule has 0 aliphatic carbocycles. The van der Waals surface area contributed by atoms with Crippen LogP contribution in [0.25, 0.3) is 0 Å². The minimum absolute atomic E-state index is 0.00248. The minimum Gasteiger partial charge on any atom is -0.396 e. The Balaban J connectivity index is 3.10. The Morgan fingerprint density at radius 2 is 1.85 bits per heavy atom. The van der Waals surface area contributed by atoms with Crippen molar-refractivity contribution in [2.45, 2.75) is 17.4 Å². The second-order valence-electron chi connectivity index (χ2n) is 3.98. The summed E-state index contributed by atoms with van der Waals surface area (Å²) in [6.45, 7) is -0.435. The number of aliphatic hydroxyl groups is 1. The molecule has 20 heavy (non-hydrogen) atoms. The van der Waals surface area contributed by atoms with Gasteiger partial charge in [-0.2, -0.15) is 0 Å². The minimum atomic E-state index is -4.54. The van der Waals surface area contributed by atoms with E-state index >= 15 is 0 Å². The van der Waals surface area contributed by atoms with Gasteiger partial charge in [0.15, 0.2) is 4.90 Å². The van der Waals surface area contributed by atoms with Crippen molar-refractivity contribution < 1.29 is 31.4 Å². The zero-order chi connectivity index (χ0) is 15.3.